The molecular formula is C12H12N4O2. The van der Waals surface area contributed by atoms with E-state index in [4.69, 9.17) is 4.74 Å². The summed E-state index contributed by atoms with van der Waals surface area (Å²) in [6.07, 6.45) is 4.44. The van der Waals surface area contributed by atoms with Crippen molar-refractivity contribution in [2.45, 2.75) is 0 Å². The van der Waals surface area contributed by atoms with Gasteiger partial charge in [-0.05, 0) is 18.2 Å². The Balaban J connectivity index is 2.07. The predicted octanol–water partition coefficient (Wildman–Crippen LogP) is 1.23. The van der Waals surface area contributed by atoms with Gasteiger partial charge in [-0.1, -0.05) is 18.7 Å². The molecule has 2 rings (SSSR count). The van der Waals surface area contributed by atoms with Crippen molar-refractivity contribution in [3.63, 3.8) is 0 Å². The molecule has 18 heavy (non-hydrogen) atoms. The highest BCUT2D eigenvalue weighted by Gasteiger charge is 2.06. The zero-order valence-corrected chi connectivity index (χ0v) is 9.61. The van der Waals surface area contributed by atoms with Gasteiger partial charge >= 0.3 is 0 Å². The second kappa shape index (κ2) is 5.62. The maximum absolute atomic E-state index is 11.9. The van der Waals surface area contributed by atoms with Gasteiger partial charge in [-0.15, -0.1) is 10.2 Å². The van der Waals surface area contributed by atoms with Crippen LogP contribution < -0.4 is 10.2 Å². The lowest BCUT2D eigenvalue weighted by atomic mass is 10.2. The smallest absolute Gasteiger partial charge is 0.270 e. The van der Waals surface area contributed by atoms with E-state index < -0.39 is 0 Å². The quantitative estimate of drug-likeness (QED) is 0.803. The fourth-order valence-corrected chi connectivity index (χ4v) is 1.32. The van der Waals surface area contributed by atoms with Crippen molar-refractivity contribution in [1.82, 2.24) is 14.9 Å². The van der Waals surface area contributed by atoms with Crippen LogP contribution in [-0.2, 0) is 0 Å². The lowest BCUT2D eigenvalue weighted by molar-refractivity contribution is 0.101. The van der Waals surface area contributed by atoms with Crippen LogP contribution in [0.1, 0.15) is 10.4 Å². The van der Waals surface area contributed by atoms with Gasteiger partial charge in [-0.3, -0.25) is 10.2 Å². The molecule has 0 atom stereocenters. The standard InChI is InChI=1S/C12H12N4O2/c1-2-6-18-11-5-3-4-10(7-11)12(17)15-16-8-13-14-9-16/h2-5,7-9H,1,6H2,(H,15,17). The number of hydrogen-bond acceptors (Lipinski definition) is 4. The number of nitrogens with zero attached hydrogens (tertiary/aromatic N) is 3. The third-order valence-electron chi connectivity index (χ3n) is 2.11. The molecule has 1 aromatic heterocycles. The molecule has 0 bridgehead atoms. The first-order chi connectivity index (χ1) is 8.79. The average Bonchev–Trinajstić information content (AvgIpc) is 2.89. The topological polar surface area (TPSA) is 69.0 Å². The van der Waals surface area contributed by atoms with Crippen molar-refractivity contribution < 1.29 is 9.53 Å². The van der Waals surface area contributed by atoms with E-state index in [0.717, 1.165) is 0 Å². The largest absolute Gasteiger partial charge is 0.490 e. The molecule has 2 aromatic rings. The molecule has 1 amide bonds. The Hall–Kier alpha value is -2.63. The van der Waals surface area contributed by atoms with Crippen LogP contribution >= 0.6 is 0 Å². The van der Waals surface area contributed by atoms with Gasteiger partial charge < -0.3 is 4.74 Å². The van der Waals surface area contributed by atoms with E-state index >= 15 is 0 Å². The molecule has 1 aromatic carbocycles. The monoisotopic (exact) mass is 244 g/mol. The SMILES string of the molecule is C=CCOc1cccc(C(=O)Nn2cnnc2)c1. The van der Waals surface area contributed by atoms with Crippen molar-refractivity contribution in [2.24, 2.45) is 0 Å². The number of benzene rings is 1. The molecule has 0 aliphatic rings. The first kappa shape index (κ1) is 11.8. The molecule has 0 radical (unpaired) electrons. The van der Waals surface area contributed by atoms with Crippen LogP contribution in [0, 0.1) is 0 Å². The number of hydrogen-bond donors (Lipinski definition) is 1. The molecule has 0 aliphatic heterocycles. The summed E-state index contributed by atoms with van der Waals surface area (Å²) in [5, 5.41) is 7.18. The molecule has 0 saturated carbocycles. The second-order valence-electron chi connectivity index (χ2n) is 3.44. The van der Waals surface area contributed by atoms with E-state index in [-0.39, 0.29) is 5.91 Å². The number of carbonyl (C=O) groups excluding carboxylic acids is 1. The fourth-order valence-electron chi connectivity index (χ4n) is 1.32. The summed E-state index contributed by atoms with van der Waals surface area (Å²) in [5.74, 6) is 0.352. The summed E-state index contributed by atoms with van der Waals surface area (Å²) in [4.78, 5) is 11.9. The van der Waals surface area contributed by atoms with Crippen LogP contribution in [0.5, 0.6) is 5.75 Å². The van der Waals surface area contributed by atoms with Crippen molar-refractivity contribution in [2.75, 3.05) is 12.0 Å². The van der Waals surface area contributed by atoms with Gasteiger partial charge in [-0.25, -0.2) is 4.68 Å². The first-order valence-corrected chi connectivity index (χ1v) is 5.29. The Labute approximate surface area is 104 Å². The maximum Gasteiger partial charge on any atom is 0.270 e. The van der Waals surface area contributed by atoms with Crippen LogP contribution in [-0.4, -0.2) is 27.4 Å². The van der Waals surface area contributed by atoms with E-state index in [1.807, 2.05) is 0 Å². The second-order valence-corrected chi connectivity index (χ2v) is 3.44. The van der Waals surface area contributed by atoms with E-state index in [1.54, 1.807) is 30.3 Å². The van der Waals surface area contributed by atoms with Crippen molar-refractivity contribution >= 4 is 5.91 Å². The number of carbonyl (C=O) groups is 1. The summed E-state index contributed by atoms with van der Waals surface area (Å²) in [5.41, 5.74) is 3.09. The van der Waals surface area contributed by atoms with Gasteiger partial charge in [0.25, 0.3) is 5.91 Å². The first-order valence-electron chi connectivity index (χ1n) is 5.29. The van der Waals surface area contributed by atoms with Crippen molar-refractivity contribution in [3.8, 4) is 5.75 Å². The highest BCUT2D eigenvalue weighted by Crippen LogP contribution is 2.13. The summed E-state index contributed by atoms with van der Waals surface area (Å²) < 4.78 is 6.73. The predicted molar refractivity (Wildman–Crippen MR) is 65.8 cm³/mol. The van der Waals surface area contributed by atoms with Gasteiger partial charge in [0.15, 0.2) is 0 Å². The van der Waals surface area contributed by atoms with Crippen LogP contribution in [0.2, 0.25) is 0 Å². The van der Waals surface area contributed by atoms with E-state index in [1.165, 1.54) is 17.3 Å². The number of aromatic nitrogens is 3. The Morgan fingerprint density at radius 2 is 2.22 bits per heavy atom. The molecular weight excluding hydrogens is 232 g/mol. The lowest BCUT2D eigenvalue weighted by Gasteiger charge is -2.07. The van der Waals surface area contributed by atoms with Crippen LogP contribution in [0.4, 0.5) is 0 Å². The normalized spacial score (nSPS) is 9.78. The Morgan fingerprint density at radius 3 is 2.94 bits per heavy atom. The molecule has 0 aliphatic carbocycles. The molecule has 6 nitrogen and oxygen atoms in total. The highest BCUT2D eigenvalue weighted by molar-refractivity contribution is 6.00. The van der Waals surface area contributed by atoms with Crippen LogP contribution in [0.3, 0.4) is 0 Å². The minimum Gasteiger partial charge on any atom is -0.490 e. The number of rotatable bonds is 5. The zero-order valence-electron chi connectivity index (χ0n) is 9.61. The van der Waals surface area contributed by atoms with Crippen molar-refractivity contribution in [3.05, 3.63) is 55.1 Å². The fraction of sp³-hybridized carbons (Fsp3) is 0.0833. The van der Waals surface area contributed by atoms with E-state index in [0.29, 0.717) is 17.9 Å². The Kier molecular flexibility index (Phi) is 3.70. The van der Waals surface area contributed by atoms with Gasteiger partial charge in [0.05, 0.1) is 0 Å². The van der Waals surface area contributed by atoms with E-state index in [9.17, 15) is 4.79 Å². The molecule has 0 unspecified atom stereocenters. The van der Waals surface area contributed by atoms with Crippen LogP contribution in [0.25, 0.3) is 0 Å². The summed E-state index contributed by atoms with van der Waals surface area (Å²) in [6, 6.07) is 6.88. The number of nitrogens with one attached hydrogen (secondary N) is 1. The molecule has 6 heteroatoms. The third kappa shape index (κ3) is 2.94. The molecule has 1 N–H and O–H groups in total. The number of ether oxygens (including phenoxy) is 1. The lowest BCUT2D eigenvalue weighted by Crippen LogP contribution is -2.21. The Morgan fingerprint density at radius 1 is 1.44 bits per heavy atom. The molecule has 0 saturated heterocycles. The van der Waals surface area contributed by atoms with Gasteiger partial charge in [0, 0.05) is 5.56 Å². The Bertz CT molecular complexity index is 537. The number of amides is 1. The third-order valence-corrected chi connectivity index (χ3v) is 2.11. The van der Waals surface area contributed by atoms with Crippen LogP contribution in [0.15, 0.2) is 49.6 Å². The highest BCUT2D eigenvalue weighted by atomic mass is 16.5. The molecule has 0 spiro atoms. The summed E-state index contributed by atoms with van der Waals surface area (Å²) in [6.45, 7) is 3.96. The minimum atomic E-state index is -0.265. The maximum atomic E-state index is 11.9. The van der Waals surface area contributed by atoms with Gasteiger partial charge in [0.2, 0.25) is 0 Å². The summed E-state index contributed by atoms with van der Waals surface area (Å²) >= 11 is 0. The summed E-state index contributed by atoms with van der Waals surface area (Å²) in [7, 11) is 0. The molecule has 92 valence electrons. The van der Waals surface area contributed by atoms with E-state index in [2.05, 4.69) is 22.2 Å². The molecule has 1 heterocycles. The van der Waals surface area contributed by atoms with Gasteiger partial charge in [-0.2, -0.15) is 0 Å². The van der Waals surface area contributed by atoms with Gasteiger partial charge in [0.1, 0.15) is 25.0 Å². The van der Waals surface area contributed by atoms with Crippen molar-refractivity contribution in [1.29, 1.82) is 0 Å². The zero-order chi connectivity index (χ0) is 12.8. The average molecular weight is 244 g/mol. The minimum absolute atomic E-state index is 0.265. The molecule has 0 fully saturated rings.